The highest BCUT2D eigenvalue weighted by Gasteiger charge is 2.40. The molecule has 0 saturated heterocycles. The minimum atomic E-state index is -1.05. The lowest BCUT2D eigenvalue weighted by atomic mass is 9.98. The van der Waals surface area contributed by atoms with E-state index in [2.05, 4.69) is 5.43 Å². The van der Waals surface area contributed by atoms with Gasteiger partial charge in [0.1, 0.15) is 5.66 Å². The summed E-state index contributed by atoms with van der Waals surface area (Å²) >= 11 is 0. The number of rotatable bonds is 1. The van der Waals surface area contributed by atoms with Crippen LogP contribution in [0.25, 0.3) is 0 Å². The van der Waals surface area contributed by atoms with Crippen molar-refractivity contribution < 1.29 is 9.90 Å². The number of hydrazine groups is 1. The van der Waals surface area contributed by atoms with Crippen molar-refractivity contribution in [3.8, 4) is 0 Å². The Morgan fingerprint density at radius 3 is 2.87 bits per heavy atom. The van der Waals surface area contributed by atoms with Crippen LogP contribution in [0.4, 0.5) is 10.5 Å². The van der Waals surface area contributed by atoms with Gasteiger partial charge in [-0.05, 0) is 12.5 Å². The molecule has 1 heterocycles. The highest BCUT2D eigenvalue weighted by atomic mass is 16.4. The molecule has 1 aliphatic heterocycles. The van der Waals surface area contributed by atoms with Crippen molar-refractivity contribution in [1.29, 1.82) is 0 Å². The van der Waals surface area contributed by atoms with E-state index in [0.29, 0.717) is 12.1 Å². The lowest BCUT2D eigenvalue weighted by Crippen LogP contribution is -2.53. The molecule has 1 aromatic carbocycles. The van der Waals surface area contributed by atoms with Crippen LogP contribution in [0.2, 0.25) is 0 Å². The third-order valence-corrected chi connectivity index (χ3v) is 2.69. The third-order valence-electron chi connectivity index (χ3n) is 2.69. The number of benzene rings is 1. The maximum Gasteiger partial charge on any atom is 0.426 e. The van der Waals surface area contributed by atoms with Crippen LogP contribution in [0.5, 0.6) is 0 Å². The zero-order chi connectivity index (χ0) is 11.1. The van der Waals surface area contributed by atoms with Crippen LogP contribution in [-0.4, -0.2) is 11.2 Å². The van der Waals surface area contributed by atoms with Crippen molar-refractivity contribution >= 4 is 11.8 Å². The highest BCUT2D eigenvalue weighted by molar-refractivity contribution is 5.88. The number of anilines is 1. The van der Waals surface area contributed by atoms with Gasteiger partial charge in [-0.2, -0.15) is 5.43 Å². The smallest absolute Gasteiger partial charge is 0.426 e. The van der Waals surface area contributed by atoms with E-state index in [1.807, 2.05) is 19.1 Å². The summed E-state index contributed by atoms with van der Waals surface area (Å²) in [5.74, 6) is 0. The molecule has 1 aliphatic rings. The molecule has 2 rings (SSSR count). The standard InChI is InChI=1S/C10H13N3O2/c1-2-10(11)7-5-3-4-6-8(7)13(12-10)9(14)15/h3-6,12H,2,11H2,1H3,(H,14,15). The molecule has 80 valence electrons. The van der Waals surface area contributed by atoms with Gasteiger partial charge in [-0.15, -0.1) is 0 Å². The summed E-state index contributed by atoms with van der Waals surface area (Å²) in [6.45, 7) is 1.91. The minimum absolute atomic E-state index is 0.606. The van der Waals surface area contributed by atoms with Gasteiger partial charge in [-0.3, -0.25) is 0 Å². The Labute approximate surface area is 87.5 Å². The Hall–Kier alpha value is -1.59. The van der Waals surface area contributed by atoms with Crippen LogP contribution in [0.3, 0.4) is 0 Å². The molecule has 1 aromatic rings. The Bertz CT molecular complexity index is 407. The van der Waals surface area contributed by atoms with Gasteiger partial charge >= 0.3 is 6.09 Å². The Kier molecular flexibility index (Phi) is 2.13. The fraction of sp³-hybridized carbons (Fsp3) is 0.300. The molecule has 4 N–H and O–H groups in total. The number of para-hydroxylation sites is 1. The fourth-order valence-corrected chi connectivity index (χ4v) is 1.79. The quantitative estimate of drug-likeness (QED) is 0.646. The monoisotopic (exact) mass is 207 g/mol. The molecular formula is C10H13N3O2. The SMILES string of the molecule is CCC1(N)NN(C(=O)O)c2ccccc21. The fourth-order valence-electron chi connectivity index (χ4n) is 1.79. The van der Waals surface area contributed by atoms with E-state index < -0.39 is 11.8 Å². The summed E-state index contributed by atoms with van der Waals surface area (Å²) in [7, 11) is 0. The van der Waals surface area contributed by atoms with Crippen LogP contribution in [-0.2, 0) is 5.66 Å². The van der Waals surface area contributed by atoms with Crippen molar-refractivity contribution in [3.63, 3.8) is 0 Å². The molecule has 0 bridgehead atoms. The number of amides is 1. The molecule has 1 amide bonds. The van der Waals surface area contributed by atoms with Gasteiger partial charge in [-0.25, -0.2) is 9.80 Å². The van der Waals surface area contributed by atoms with Crippen LogP contribution in [0, 0.1) is 0 Å². The van der Waals surface area contributed by atoms with E-state index in [1.165, 1.54) is 0 Å². The van der Waals surface area contributed by atoms with Crippen LogP contribution in [0.1, 0.15) is 18.9 Å². The van der Waals surface area contributed by atoms with Gasteiger partial charge in [0, 0.05) is 5.56 Å². The normalized spacial score (nSPS) is 24.0. The van der Waals surface area contributed by atoms with Gasteiger partial charge in [-0.1, -0.05) is 25.1 Å². The first-order valence-corrected chi connectivity index (χ1v) is 4.78. The summed E-state index contributed by atoms with van der Waals surface area (Å²) in [5.41, 5.74) is 9.51. The van der Waals surface area contributed by atoms with E-state index in [0.717, 1.165) is 10.6 Å². The molecule has 0 fully saturated rings. The van der Waals surface area contributed by atoms with Gasteiger partial charge in [0.25, 0.3) is 0 Å². The van der Waals surface area contributed by atoms with Gasteiger partial charge in [0.15, 0.2) is 0 Å². The van der Waals surface area contributed by atoms with Crippen molar-refractivity contribution in [3.05, 3.63) is 29.8 Å². The number of nitrogens with one attached hydrogen (secondary N) is 1. The van der Waals surface area contributed by atoms with Crippen molar-refractivity contribution in [2.75, 3.05) is 5.01 Å². The summed E-state index contributed by atoms with van der Waals surface area (Å²) in [6, 6.07) is 7.22. The Morgan fingerprint density at radius 2 is 2.27 bits per heavy atom. The second-order valence-electron chi connectivity index (χ2n) is 3.57. The zero-order valence-electron chi connectivity index (χ0n) is 8.40. The lowest BCUT2D eigenvalue weighted by Gasteiger charge is -2.24. The van der Waals surface area contributed by atoms with E-state index in [9.17, 15) is 4.79 Å². The average Bonchev–Trinajstić information content (AvgIpc) is 2.54. The molecular weight excluding hydrogens is 194 g/mol. The highest BCUT2D eigenvalue weighted by Crippen LogP contribution is 2.35. The number of carboxylic acid groups (broad SMARTS) is 1. The predicted molar refractivity (Wildman–Crippen MR) is 56.2 cm³/mol. The Morgan fingerprint density at radius 1 is 1.60 bits per heavy atom. The summed E-state index contributed by atoms with van der Waals surface area (Å²) in [5, 5.41) is 10.1. The summed E-state index contributed by atoms with van der Waals surface area (Å²) in [4.78, 5) is 11.0. The molecule has 0 aromatic heterocycles. The summed E-state index contributed by atoms with van der Waals surface area (Å²) < 4.78 is 0. The van der Waals surface area contributed by atoms with E-state index in [1.54, 1.807) is 12.1 Å². The summed E-state index contributed by atoms with van der Waals surface area (Å²) in [6.07, 6.45) is -0.434. The number of fused-ring (bicyclic) bond motifs is 1. The molecule has 1 atom stereocenters. The molecule has 5 nitrogen and oxygen atoms in total. The largest absolute Gasteiger partial charge is 0.464 e. The van der Waals surface area contributed by atoms with E-state index in [4.69, 9.17) is 10.8 Å². The molecule has 5 heteroatoms. The number of nitrogens with zero attached hydrogens (tertiary/aromatic N) is 1. The second kappa shape index (κ2) is 3.22. The first-order valence-electron chi connectivity index (χ1n) is 4.78. The van der Waals surface area contributed by atoms with Gasteiger partial charge in [0.05, 0.1) is 5.69 Å². The number of carbonyl (C=O) groups is 1. The van der Waals surface area contributed by atoms with Crippen LogP contribution in [0.15, 0.2) is 24.3 Å². The third kappa shape index (κ3) is 1.36. The topological polar surface area (TPSA) is 78.6 Å². The molecule has 0 aliphatic carbocycles. The van der Waals surface area contributed by atoms with E-state index >= 15 is 0 Å². The number of hydrogen-bond acceptors (Lipinski definition) is 3. The maximum absolute atomic E-state index is 11.0. The molecule has 1 unspecified atom stereocenters. The molecule has 15 heavy (non-hydrogen) atoms. The molecule has 0 spiro atoms. The first kappa shape index (κ1) is 9.95. The van der Waals surface area contributed by atoms with Crippen molar-refractivity contribution in [2.24, 2.45) is 5.73 Å². The lowest BCUT2D eigenvalue weighted by molar-refractivity contribution is 0.194. The van der Waals surface area contributed by atoms with Crippen molar-refractivity contribution in [2.45, 2.75) is 19.0 Å². The Balaban J connectivity index is 2.53. The zero-order valence-corrected chi connectivity index (χ0v) is 8.40. The predicted octanol–water partition coefficient (Wildman–Crippen LogP) is 1.21. The molecule has 0 radical (unpaired) electrons. The molecule has 0 saturated carbocycles. The van der Waals surface area contributed by atoms with Crippen LogP contribution >= 0.6 is 0 Å². The minimum Gasteiger partial charge on any atom is -0.464 e. The van der Waals surface area contributed by atoms with Crippen molar-refractivity contribution in [1.82, 2.24) is 5.43 Å². The first-order chi connectivity index (χ1) is 7.08. The van der Waals surface area contributed by atoms with Gasteiger partial charge in [0.2, 0.25) is 0 Å². The maximum atomic E-state index is 11.0. The number of nitrogens with two attached hydrogens (primary N) is 1. The average molecular weight is 207 g/mol. The second-order valence-corrected chi connectivity index (χ2v) is 3.57. The van der Waals surface area contributed by atoms with E-state index in [-0.39, 0.29) is 0 Å². The number of hydrogen-bond donors (Lipinski definition) is 3. The van der Waals surface area contributed by atoms with Crippen LogP contribution < -0.4 is 16.2 Å². The van der Waals surface area contributed by atoms with Gasteiger partial charge < -0.3 is 10.8 Å².